The van der Waals surface area contributed by atoms with E-state index in [-0.39, 0.29) is 5.91 Å². The first-order valence-corrected chi connectivity index (χ1v) is 6.02. The molecule has 18 heavy (non-hydrogen) atoms. The molecular weight excluding hydrogens is 232 g/mol. The normalized spacial score (nSPS) is 18.1. The van der Waals surface area contributed by atoms with Crippen LogP contribution in [0.3, 0.4) is 0 Å². The number of carbonyl (C=O) groups excluding carboxylic acids is 1. The minimum Gasteiger partial charge on any atom is -0.380 e. The van der Waals surface area contributed by atoms with E-state index in [4.69, 9.17) is 0 Å². The maximum atomic E-state index is 12.1. The van der Waals surface area contributed by atoms with E-state index in [0.717, 1.165) is 12.8 Å². The number of fused-ring (bicyclic) bond motifs is 1. The van der Waals surface area contributed by atoms with Crippen molar-refractivity contribution in [2.45, 2.75) is 31.3 Å². The SMILES string of the molecule is O=C(Nc1ccnc2ccnn12)C1(O)CCCC1. The average molecular weight is 246 g/mol. The lowest BCUT2D eigenvalue weighted by atomic mass is 10.0. The summed E-state index contributed by atoms with van der Waals surface area (Å²) >= 11 is 0. The Labute approximate surface area is 104 Å². The molecule has 1 aliphatic rings. The van der Waals surface area contributed by atoms with Gasteiger partial charge in [-0.2, -0.15) is 9.61 Å². The van der Waals surface area contributed by atoms with Crippen LogP contribution in [0.4, 0.5) is 5.82 Å². The Bertz CT molecular complexity index is 587. The number of hydrogen-bond donors (Lipinski definition) is 2. The molecule has 2 N–H and O–H groups in total. The molecule has 0 aromatic carbocycles. The van der Waals surface area contributed by atoms with Crippen molar-refractivity contribution in [1.82, 2.24) is 14.6 Å². The highest BCUT2D eigenvalue weighted by molar-refractivity contribution is 5.96. The van der Waals surface area contributed by atoms with E-state index in [1.807, 2.05) is 0 Å². The molecule has 6 heteroatoms. The second-order valence-electron chi connectivity index (χ2n) is 4.62. The molecule has 0 saturated heterocycles. The summed E-state index contributed by atoms with van der Waals surface area (Å²) in [5.74, 6) is 0.165. The molecule has 2 aromatic rings. The van der Waals surface area contributed by atoms with Crippen molar-refractivity contribution >= 4 is 17.4 Å². The van der Waals surface area contributed by atoms with Crippen LogP contribution in [0, 0.1) is 0 Å². The van der Waals surface area contributed by atoms with Gasteiger partial charge in [0.15, 0.2) is 5.65 Å². The monoisotopic (exact) mass is 246 g/mol. The molecule has 0 bridgehead atoms. The van der Waals surface area contributed by atoms with Crippen LogP contribution in [0.15, 0.2) is 24.5 Å². The number of nitrogens with zero attached hydrogens (tertiary/aromatic N) is 3. The van der Waals surface area contributed by atoms with Crippen LogP contribution < -0.4 is 5.32 Å². The molecule has 1 saturated carbocycles. The van der Waals surface area contributed by atoms with Gasteiger partial charge < -0.3 is 10.4 Å². The summed E-state index contributed by atoms with van der Waals surface area (Å²) < 4.78 is 1.54. The van der Waals surface area contributed by atoms with Gasteiger partial charge in [0, 0.05) is 12.3 Å². The third kappa shape index (κ3) is 1.74. The predicted molar refractivity (Wildman–Crippen MR) is 65.0 cm³/mol. The van der Waals surface area contributed by atoms with Crippen molar-refractivity contribution in [2.24, 2.45) is 0 Å². The van der Waals surface area contributed by atoms with E-state index in [2.05, 4.69) is 15.4 Å². The number of carbonyl (C=O) groups is 1. The Balaban J connectivity index is 1.88. The zero-order valence-electron chi connectivity index (χ0n) is 9.83. The van der Waals surface area contributed by atoms with Crippen LogP contribution in [0.2, 0.25) is 0 Å². The van der Waals surface area contributed by atoms with Gasteiger partial charge in [-0.15, -0.1) is 0 Å². The molecule has 2 heterocycles. The second-order valence-corrected chi connectivity index (χ2v) is 4.62. The third-order valence-electron chi connectivity index (χ3n) is 3.39. The first-order chi connectivity index (χ1) is 8.69. The second kappa shape index (κ2) is 4.06. The van der Waals surface area contributed by atoms with Gasteiger partial charge in [-0.05, 0) is 31.7 Å². The van der Waals surface area contributed by atoms with Gasteiger partial charge >= 0.3 is 0 Å². The van der Waals surface area contributed by atoms with Crippen LogP contribution in [0.1, 0.15) is 25.7 Å². The number of aliphatic hydroxyl groups is 1. The Kier molecular flexibility index (Phi) is 2.52. The Morgan fingerprint density at radius 3 is 2.89 bits per heavy atom. The van der Waals surface area contributed by atoms with Crippen molar-refractivity contribution < 1.29 is 9.90 Å². The number of nitrogens with one attached hydrogen (secondary N) is 1. The van der Waals surface area contributed by atoms with E-state index < -0.39 is 5.60 Å². The summed E-state index contributed by atoms with van der Waals surface area (Å²) in [6.07, 6.45) is 6.03. The van der Waals surface area contributed by atoms with Crippen LogP contribution in [-0.4, -0.2) is 31.2 Å². The predicted octanol–water partition coefficient (Wildman–Crippen LogP) is 0.973. The fraction of sp³-hybridized carbons (Fsp3) is 0.417. The molecule has 1 aliphatic carbocycles. The molecule has 2 aromatic heterocycles. The molecule has 3 rings (SSSR count). The first kappa shape index (κ1) is 11.2. The zero-order valence-corrected chi connectivity index (χ0v) is 9.83. The van der Waals surface area contributed by atoms with Crippen LogP contribution >= 0.6 is 0 Å². The fourth-order valence-corrected chi connectivity index (χ4v) is 2.35. The smallest absolute Gasteiger partial charge is 0.257 e. The van der Waals surface area contributed by atoms with Gasteiger partial charge in [-0.1, -0.05) is 0 Å². The molecule has 0 radical (unpaired) electrons. The van der Waals surface area contributed by atoms with Gasteiger partial charge in [-0.3, -0.25) is 4.79 Å². The molecule has 0 aliphatic heterocycles. The summed E-state index contributed by atoms with van der Waals surface area (Å²) in [6.45, 7) is 0. The number of aromatic nitrogens is 3. The summed E-state index contributed by atoms with van der Waals surface area (Å²) in [4.78, 5) is 16.2. The average Bonchev–Trinajstić information content (AvgIpc) is 2.98. The van der Waals surface area contributed by atoms with Gasteiger partial charge in [0.25, 0.3) is 5.91 Å². The molecule has 6 nitrogen and oxygen atoms in total. The number of hydrogen-bond acceptors (Lipinski definition) is 4. The van der Waals surface area contributed by atoms with Crippen LogP contribution in [-0.2, 0) is 4.79 Å². The maximum absolute atomic E-state index is 12.1. The van der Waals surface area contributed by atoms with Crippen LogP contribution in [0.25, 0.3) is 5.65 Å². The topological polar surface area (TPSA) is 79.5 Å². The molecule has 0 spiro atoms. The Morgan fingerprint density at radius 1 is 1.33 bits per heavy atom. The minimum absolute atomic E-state index is 0.358. The van der Waals surface area contributed by atoms with E-state index in [1.165, 1.54) is 4.52 Å². The summed E-state index contributed by atoms with van der Waals surface area (Å²) in [5, 5.41) is 17.0. The molecule has 0 atom stereocenters. The Hall–Kier alpha value is -1.95. The summed E-state index contributed by atoms with van der Waals surface area (Å²) in [6, 6.07) is 3.41. The van der Waals surface area contributed by atoms with E-state index >= 15 is 0 Å². The zero-order chi connectivity index (χ0) is 12.6. The maximum Gasteiger partial charge on any atom is 0.257 e. The minimum atomic E-state index is -1.23. The van der Waals surface area contributed by atoms with Gasteiger partial charge in [0.1, 0.15) is 11.4 Å². The molecular formula is C12H14N4O2. The first-order valence-electron chi connectivity index (χ1n) is 6.02. The highest BCUT2D eigenvalue weighted by Gasteiger charge is 2.39. The van der Waals surface area contributed by atoms with Crippen molar-refractivity contribution in [3.8, 4) is 0 Å². The molecule has 1 amide bonds. The largest absolute Gasteiger partial charge is 0.380 e. The van der Waals surface area contributed by atoms with Gasteiger partial charge in [0.05, 0.1) is 6.20 Å². The van der Waals surface area contributed by atoms with Crippen LogP contribution in [0.5, 0.6) is 0 Å². The quantitative estimate of drug-likeness (QED) is 0.827. The molecule has 1 fully saturated rings. The van der Waals surface area contributed by atoms with E-state index in [0.29, 0.717) is 24.3 Å². The third-order valence-corrected chi connectivity index (χ3v) is 3.39. The number of anilines is 1. The van der Waals surface area contributed by atoms with Crippen molar-refractivity contribution in [1.29, 1.82) is 0 Å². The lowest BCUT2D eigenvalue weighted by molar-refractivity contribution is -0.133. The fourth-order valence-electron chi connectivity index (χ4n) is 2.35. The lowest BCUT2D eigenvalue weighted by Crippen LogP contribution is -2.40. The van der Waals surface area contributed by atoms with E-state index in [9.17, 15) is 9.90 Å². The van der Waals surface area contributed by atoms with E-state index in [1.54, 1.807) is 24.5 Å². The molecule has 94 valence electrons. The van der Waals surface area contributed by atoms with Crippen molar-refractivity contribution in [3.63, 3.8) is 0 Å². The standard InChI is InChI=1S/C12H14N4O2/c17-11(12(18)5-1-2-6-12)15-10-3-7-13-9-4-8-14-16(9)10/h3-4,7-8,18H,1-2,5-6H2,(H,15,17). The Morgan fingerprint density at radius 2 is 2.11 bits per heavy atom. The number of rotatable bonds is 2. The summed E-state index contributed by atoms with van der Waals surface area (Å²) in [5.41, 5.74) is -0.575. The number of amides is 1. The summed E-state index contributed by atoms with van der Waals surface area (Å²) in [7, 11) is 0. The molecule has 0 unspecified atom stereocenters. The lowest BCUT2D eigenvalue weighted by Gasteiger charge is -2.20. The van der Waals surface area contributed by atoms with Crippen molar-refractivity contribution in [3.05, 3.63) is 24.5 Å². The van der Waals surface area contributed by atoms with Gasteiger partial charge in [0.2, 0.25) is 0 Å². The van der Waals surface area contributed by atoms with Gasteiger partial charge in [-0.25, -0.2) is 4.98 Å². The van der Waals surface area contributed by atoms with Crippen molar-refractivity contribution in [2.75, 3.05) is 5.32 Å². The highest BCUT2D eigenvalue weighted by Crippen LogP contribution is 2.30. The highest BCUT2D eigenvalue weighted by atomic mass is 16.3.